The Labute approximate surface area is 204 Å². The molecule has 6 rings (SSSR count). The summed E-state index contributed by atoms with van der Waals surface area (Å²) in [5.41, 5.74) is 2.05. The van der Waals surface area contributed by atoms with Crippen LogP contribution >= 0.6 is 22.7 Å². The van der Waals surface area contributed by atoms with Crippen LogP contribution in [0.4, 0.5) is 10.7 Å². The van der Waals surface area contributed by atoms with Crippen LogP contribution in [0.1, 0.15) is 44.6 Å². The van der Waals surface area contributed by atoms with E-state index in [1.807, 2.05) is 47.8 Å². The zero-order valence-electron chi connectivity index (χ0n) is 18.4. The van der Waals surface area contributed by atoms with Crippen molar-refractivity contribution in [2.75, 3.05) is 17.1 Å². The minimum absolute atomic E-state index is 0.337. The van der Waals surface area contributed by atoms with Gasteiger partial charge in [-0.25, -0.2) is 14.8 Å². The number of carbonyl (C=O) groups excluding carboxylic acids is 3. The van der Waals surface area contributed by atoms with Gasteiger partial charge in [0.15, 0.2) is 6.10 Å². The number of hydrogen-bond donors (Lipinski definition) is 0. The topological polar surface area (TPSA) is 76.2 Å². The quantitative estimate of drug-likeness (QED) is 0.392. The third-order valence-corrected chi connectivity index (χ3v) is 8.93. The molecule has 1 aliphatic carbocycles. The number of hydrogen-bond acceptors (Lipinski definition) is 8. The van der Waals surface area contributed by atoms with Crippen LogP contribution in [0.5, 0.6) is 0 Å². The Bertz CT molecular complexity index is 1270. The number of fused-ring (bicyclic) bond motifs is 2. The molecule has 2 aromatic heterocycles. The lowest BCUT2D eigenvalue weighted by Crippen LogP contribution is -2.37. The number of methoxy groups -OCH3 is 1. The van der Waals surface area contributed by atoms with E-state index < -0.39 is 29.9 Å². The Kier molecular flexibility index (Phi) is 5.28. The van der Waals surface area contributed by atoms with Gasteiger partial charge >= 0.3 is 5.97 Å². The average Bonchev–Trinajstić information content (AvgIpc) is 3.63. The largest absolute Gasteiger partial charge is 0.465 e. The second-order valence-electron chi connectivity index (χ2n) is 8.57. The molecule has 3 atom stereocenters. The minimum atomic E-state index is -0.954. The van der Waals surface area contributed by atoms with E-state index >= 15 is 0 Å². The van der Waals surface area contributed by atoms with Crippen LogP contribution < -0.4 is 9.96 Å². The molecule has 0 spiro atoms. The maximum absolute atomic E-state index is 13.9. The number of amides is 2. The fraction of sp³-hybridized carbons (Fsp3) is 0.320. The molecule has 1 aromatic carbocycles. The lowest BCUT2D eigenvalue weighted by molar-refractivity contribution is -0.126. The molecule has 7 nitrogen and oxygen atoms in total. The van der Waals surface area contributed by atoms with E-state index in [0.29, 0.717) is 10.6 Å². The summed E-state index contributed by atoms with van der Waals surface area (Å²) in [5.74, 6) is -1.99. The Morgan fingerprint density at radius 2 is 1.85 bits per heavy atom. The van der Waals surface area contributed by atoms with E-state index in [1.165, 1.54) is 34.7 Å². The second-order valence-corrected chi connectivity index (χ2v) is 10.6. The summed E-state index contributed by atoms with van der Waals surface area (Å²) in [7, 11) is 1.33. The van der Waals surface area contributed by atoms with Crippen molar-refractivity contribution < 1.29 is 24.0 Å². The number of imide groups is 1. The van der Waals surface area contributed by atoms with E-state index in [0.717, 1.165) is 46.7 Å². The summed E-state index contributed by atoms with van der Waals surface area (Å²) in [6.45, 7) is 0. The molecule has 0 N–H and O–H groups in total. The monoisotopic (exact) mass is 494 g/mol. The van der Waals surface area contributed by atoms with Crippen molar-refractivity contribution in [2.45, 2.75) is 37.8 Å². The Morgan fingerprint density at radius 3 is 2.59 bits per heavy atom. The predicted octanol–water partition coefficient (Wildman–Crippen LogP) is 4.53. The first kappa shape index (κ1) is 21.5. The molecule has 3 aliphatic rings. The van der Waals surface area contributed by atoms with Gasteiger partial charge < -0.3 is 4.74 Å². The summed E-state index contributed by atoms with van der Waals surface area (Å²) in [6, 6.07) is 12.9. The number of esters is 1. The zero-order chi connectivity index (χ0) is 23.4. The highest BCUT2D eigenvalue weighted by Gasteiger charge is 2.61. The molecule has 0 radical (unpaired) electrons. The van der Waals surface area contributed by atoms with Crippen molar-refractivity contribution in [3.05, 3.63) is 68.7 Å². The first-order valence-electron chi connectivity index (χ1n) is 11.2. The highest BCUT2D eigenvalue weighted by Crippen LogP contribution is 2.51. The van der Waals surface area contributed by atoms with Crippen molar-refractivity contribution in [3.8, 4) is 0 Å². The Hall–Kier alpha value is -3.01. The van der Waals surface area contributed by atoms with Crippen LogP contribution in [0.25, 0.3) is 0 Å². The predicted molar refractivity (Wildman–Crippen MR) is 129 cm³/mol. The Balaban J connectivity index is 1.44. The maximum atomic E-state index is 13.9. The van der Waals surface area contributed by atoms with Crippen LogP contribution in [0.2, 0.25) is 0 Å². The summed E-state index contributed by atoms with van der Waals surface area (Å²) in [5, 5.41) is 4.02. The summed E-state index contributed by atoms with van der Waals surface area (Å²) in [6.07, 6.45) is 2.62. The zero-order valence-corrected chi connectivity index (χ0v) is 20.1. The summed E-state index contributed by atoms with van der Waals surface area (Å²) < 4.78 is 5.06. The molecule has 0 unspecified atom stereocenters. The van der Waals surface area contributed by atoms with Gasteiger partial charge in [-0.05, 0) is 54.8 Å². The molecule has 9 heteroatoms. The molecule has 2 saturated heterocycles. The standard InChI is InChI=1S/C25H22N2O5S2/c1-31-25(30)18-15-10-5-6-11-16(15)34-24(18)26-22(28)19-20(17-12-7-13-33-17)27(32-21(19)23(26)29)14-8-3-2-4-9-14/h2-4,7-9,12-13,19-21H,5-6,10-11H2,1H3/t19-,20-,21+/m0/s1. The van der Waals surface area contributed by atoms with Crippen molar-refractivity contribution in [1.82, 2.24) is 0 Å². The number of hydroxylamine groups is 1. The highest BCUT2D eigenvalue weighted by atomic mass is 32.1. The number of aryl methyl sites for hydroxylation is 1. The van der Waals surface area contributed by atoms with E-state index in [4.69, 9.17) is 9.57 Å². The van der Waals surface area contributed by atoms with Crippen molar-refractivity contribution in [3.63, 3.8) is 0 Å². The highest BCUT2D eigenvalue weighted by molar-refractivity contribution is 7.17. The summed E-state index contributed by atoms with van der Waals surface area (Å²) >= 11 is 2.89. The van der Waals surface area contributed by atoms with Crippen LogP contribution in [0, 0.1) is 5.92 Å². The molecule has 0 saturated carbocycles. The molecular formula is C25H22N2O5S2. The van der Waals surface area contributed by atoms with Gasteiger partial charge in [-0.15, -0.1) is 22.7 Å². The number of anilines is 2. The first-order chi connectivity index (χ1) is 16.6. The van der Waals surface area contributed by atoms with Crippen molar-refractivity contribution in [1.29, 1.82) is 0 Å². The average molecular weight is 495 g/mol. The molecule has 34 heavy (non-hydrogen) atoms. The molecule has 2 fully saturated rings. The van der Waals surface area contributed by atoms with Crippen molar-refractivity contribution in [2.24, 2.45) is 5.92 Å². The molecule has 2 amide bonds. The molecule has 0 bridgehead atoms. The normalized spacial score (nSPS) is 23.9. The third kappa shape index (κ3) is 3.14. The fourth-order valence-electron chi connectivity index (χ4n) is 5.18. The fourth-order valence-corrected chi connectivity index (χ4v) is 7.42. The molecular weight excluding hydrogens is 472 g/mol. The Morgan fingerprint density at radius 1 is 1.06 bits per heavy atom. The number of rotatable bonds is 4. The van der Waals surface area contributed by atoms with Crippen LogP contribution in [0.15, 0.2) is 47.8 Å². The molecule has 3 aromatic rings. The number of ether oxygens (including phenoxy) is 1. The lowest BCUT2D eigenvalue weighted by atomic mass is 9.95. The van der Waals surface area contributed by atoms with Crippen LogP contribution in [0.3, 0.4) is 0 Å². The van der Waals surface area contributed by atoms with Crippen LogP contribution in [-0.4, -0.2) is 31.0 Å². The molecule has 4 heterocycles. The second kappa shape index (κ2) is 8.33. The summed E-state index contributed by atoms with van der Waals surface area (Å²) in [4.78, 5) is 49.7. The number of benzene rings is 1. The van der Waals surface area contributed by atoms with Crippen molar-refractivity contribution >= 4 is 51.1 Å². The number of carbonyl (C=O) groups is 3. The van der Waals surface area contributed by atoms with Gasteiger partial charge in [0.2, 0.25) is 5.91 Å². The van der Waals surface area contributed by atoms with E-state index in [-0.39, 0.29) is 5.91 Å². The van der Waals surface area contributed by atoms with Gasteiger partial charge in [0, 0.05) is 9.75 Å². The van der Waals surface area contributed by atoms with Gasteiger partial charge in [-0.3, -0.25) is 14.4 Å². The minimum Gasteiger partial charge on any atom is -0.465 e. The van der Waals surface area contributed by atoms with Gasteiger partial charge in [-0.1, -0.05) is 24.3 Å². The molecule has 2 aliphatic heterocycles. The SMILES string of the molecule is COC(=O)c1c(N2C(=O)[C@@H]3[C@@H](ON(c4ccccc4)[C@H]3c3cccs3)C2=O)sc2c1CCCC2. The lowest BCUT2D eigenvalue weighted by Gasteiger charge is -2.27. The first-order valence-corrected chi connectivity index (χ1v) is 12.9. The van der Waals surface area contributed by atoms with Gasteiger partial charge in [0.05, 0.1) is 18.4 Å². The van der Waals surface area contributed by atoms with Gasteiger partial charge in [0.25, 0.3) is 5.91 Å². The number of nitrogens with zero attached hydrogens (tertiary/aromatic N) is 2. The van der Waals surface area contributed by atoms with Gasteiger partial charge in [-0.2, -0.15) is 0 Å². The smallest absolute Gasteiger partial charge is 0.341 e. The molecule has 174 valence electrons. The van der Waals surface area contributed by atoms with E-state index in [1.54, 1.807) is 5.06 Å². The van der Waals surface area contributed by atoms with Gasteiger partial charge in [0.1, 0.15) is 17.0 Å². The van der Waals surface area contributed by atoms with E-state index in [2.05, 4.69) is 0 Å². The van der Waals surface area contributed by atoms with E-state index in [9.17, 15) is 14.4 Å². The number of para-hydroxylation sites is 1. The number of thiophene rings is 2. The maximum Gasteiger partial charge on any atom is 0.341 e. The van der Waals surface area contributed by atoms with Crippen LogP contribution in [-0.2, 0) is 32.0 Å². The third-order valence-electron chi connectivity index (χ3n) is 6.71.